The zero-order valence-corrected chi connectivity index (χ0v) is 7.14. The van der Waals surface area contributed by atoms with Crippen LogP contribution in [0.4, 0.5) is 0 Å². The predicted octanol–water partition coefficient (Wildman–Crippen LogP) is 3.29. The molecular weight excluding hydrogens is 132 g/mol. The first-order chi connectivity index (χ1) is 5.38. The summed E-state index contributed by atoms with van der Waals surface area (Å²) in [5.74, 6) is 1.49. The molecule has 11 heavy (non-hydrogen) atoms. The lowest BCUT2D eigenvalue weighted by atomic mass is 9.87. The van der Waals surface area contributed by atoms with Crippen LogP contribution >= 0.6 is 0 Å². The zero-order chi connectivity index (χ0) is 8.10. The summed E-state index contributed by atoms with van der Waals surface area (Å²) in [6.45, 7) is 6.01. The molecule has 0 heteroatoms. The van der Waals surface area contributed by atoms with Crippen molar-refractivity contribution >= 4 is 0 Å². The average Bonchev–Trinajstić information content (AvgIpc) is 2.06. The van der Waals surface area contributed by atoms with Crippen LogP contribution < -0.4 is 0 Å². The standard InChI is InChI=1S/C11H15/c1-3-7-11-9-6-5-8-10(11)4-2/h3,5-6,9H,2,4,7-8H2,1H3. The van der Waals surface area contributed by atoms with E-state index < -0.39 is 0 Å². The molecule has 0 fully saturated rings. The van der Waals surface area contributed by atoms with Crippen LogP contribution in [0.3, 0.4) is 0 Å². The molecular formula is C11H15. The minimum atomic E-state index is 0.948. The first-order valence-electron chi connectivity index (χ1n) is 4.16. The van der Waals surface area contributed by atoms with Crippen LogP contribution in [0.2, 0.25) is 0 Å². The average molecular weight is 147 g/mol. The Morgan fingerprint density at radius 3 is 3.09 bits per heavy atom. The van der Waals surface area contributed by atoms with Gasteiger partial charge in [0.25, 0.3) is 0 Å². The van der Waals surface area contributed by atoms with Gasteiger partial charge in [-0.1, -0.05) is 37.6 Å². The Hall–Kier alpha value is -0.520. The normalized spacial score (nSPS) is 18.5. The third-order valence-electron chi connectivity index (χ3n) is 1.98. The molecule has 0 saturated carbocycles. The van der Waals surface area contributed by atoms with Gasteiger partial charge in [0, 0.05) is 5.92 Å². The van der Waals surface area contributed by atoms with Gasteiger partial charge in [0.15, 0.2) is 0 Å². The molecule has 1 rings (SSSR count). The Bertz CT molecular complexity index is 163. The molecule has 0 atom stereocenters. The molecule has 0 aromatic heterocycles. The lowest BCUT2D eigenvalue weighted by Gasteiger charge is -2.18. The molecule has 3 radical (unpaired) electrons. The molecule has 0 saturated heterocycles. The molecule has 0 spiro atoms. The van der Waals surface area contributed by atoms with Gasteiger partial charge in [-0.2, -0.15) is 0 Å². The van der Waals surface area contributed by atoms with E-state index in [9.17, 15) is 0 Å². The molecule has 0 aromatic carbocycles. The second-order valence-electron chi connectivity index (χ2n) is 2.79. The fourth-order valence-corrected chi connectivity index (χ4v) is 1.34. The van der Waals surface area contributed by atoms with Crippen molar-refractivity contribution < 1.29 is 0 Å². The van der Waals surface area contributed by atoms with Crippen molar-refractivity contribution in [2.75, 3.05) is 0 Å². The summed E-state index contributed by atoms with van der Waals surface area (Å²) in [5, 5.41) is 0. The number of hydrogen-bond donors (Lipinski definition) is 0. The molecule has 0 heterocycles. The topological polar surface area (TPSA) is 0 Å². The van der Waals surface area contributed by atoms with Crippen molar-refractivity contribution in [3.63, 3.8) is 0 Å². The fourth-order valence-electron chi connectivity index (χ4n) is 1.34. The Morgan fingerprint density at radius 1 is 1.64 bits per heavy atom. The molecule has 0 unspecified atom stereocenters. The third-order valence-corrected chi connectivity index (χ3v) is 1.98. The summed E-state index contributed by atoms with van der Waals surface area (Å²) in [6, 6.07) is 0. The molecule has 0 amide bonds. The van der Waals surface area contributed by atoms with Crippen LogP contribution in [-0.2, 0) is 0 Å². The highest BCUT2D eigenvalue weighted by molar-refractivity contribution is 5.34. The molecule has 59 valence electrons. The van der Waals surface area contributed by atoms with Gasteiger partial charge in [-0.15, -0.1) is 0 Å². The van der Waals surface area contributed by atoms with Crippen LogP contribution in [0.5, 0.6) is 0 Å². The molecule has 0 aromatic rings. The first-order valence-corrected chi connectivity index (χ1v) is 4.16. The Kier molecular flexibility index (Phi) is 3.41. The minimum absolute atomic E-state index is 0.948. The second-order valence-corrected chi connectivity index (χ2v) is 2.79. The highest BCUT2D eigenvalue weighted by Crippen LogP contribution is 2.28. The van der Waals surface area contributed by atoms with Gasteiger partial charge in [-0.3, -0.25) is 0 Å². The summed E-state index contributed by atoms with van der Waals surface area (Å²) >= 11 is 0. The van der Waals surface area contributed by atoms with E-state index in [1.54, 1.807) is 0 Å². The summed E-state index contributed by atoms with van der Waals surface area (Å²) in [4.78, 5) is 0. The maximum absolute atomic E-state index is 3.92. The van der Waals surface area contributed by atoms with Gasteiger partial charge in [-0.25, -0.2) is 0 Å². The summed E-state index contributed by atoms with van der Waals surface area (Å²) in [5.41, 5.74) is 1.46. The maximum atomic E-state index is 3.92. The van der Waals surface area contributed by atoms with Crippen molar-refractivity contribution in [3.05, 3.63) is 43.1 Å². The van der Waals surface area contributed by atoms with E-state index in [1.807, 2.05) is 0 Å². The van der Waals surface area contributed by atoms with Crippen LogP contribution in [0.15, 0.2) is 23.8 Å². The SMILES string of the molecule is [CH2]C[C]1CC=CC=C1C[CH]C. The molecule has 1 aliphatic rings. The van der Waals surface area contributed by atoms with Crippen molar-refractivity contribution in [2.45, 2.75) is 26.2 Å². The van der Waals surface area contributed by atoms with Crippen molar-refractivity contribution in [2.24, 2.45) is 0 Å². The minimum Gasteiger partial charge on any atom is -0.0836 e. The lowest BCUT2D eigenvalue weighted by molar-refractivity contribution is 0.875. The summed E-state index contributed by atoms with van der Waals surface area (Å²) in [6.07, 6.45) is 11.9. The van der Waals surface area contributed by atoms with Crippen molar-refractivity contribution in [1.82, 2.24) is 0 Å². The van der Waals surface area contributed by atoms with E-state index in [0.29, 0.717) is 0 Å². The Labute approximate surface area is 70.0 Å². The van der Waals surface area contributed by atoms with Gasteiger partial charge in [0.1, 0.15) is 0 Å². The van der Waals surface area contributed by atoms with Crippen LogP contribution in [0.1, 0.15) is 26.2 Å². The van der Waals surface area contributed by atoms with E-state index >= 15 is 0 Å². The highest BCUT2D eigenvalue weighted by Gasteiger charge is 2.12. The predicted molar refractivity (Wildman–Crippen MR) is 49.6 cm³/mol. The Balaban J connectivity index is 2.55. The maximum Gasteiger partial charge on any atom is 0.00463 e. The smallest absolute Gasteiger partial charge is 0.00463 e. The van der Waals surface area contributed by atoms with Gasteiger partial charge < -0.3 is 0 Å². The van der Waals surface area contributed by atoms with E-state index in [0.717, 1.165) is 19.3 Å². The first kappa shape index (κ1) is 8.58. The van der Waals surface area contributed by atoms with Gasteiger partial charge >= 0.3 is 0 Å². The molecule has 0 nitrogen and oxygen atoms in total. The highest BCUT2D eigenvalue weighted by atomic mass is 14.2. The van der Waals surface area contributed by atoms with Gasteiger partial charge in [0.2, 0.25) is 0 Å². The molecule has 0 bridgehead atoms. The molecule has 0 N–H and O–H groups in total. The van der Waals surface area contributed by atoms with Crippen LogP contribution in [0, 0.1) is 19.3 Å². The third kappa shape index (κ3) is 2.21. The fraction of sp³-hybridized carbons (Fsp3) is 0.364. The van der Waals surface area contributed by atoms with Crippen molar-refractivity contribution in [3.8, 4) is 0 Å². The number of hydrogen-bond acceptors (Lipinski definition) is 0. The monoisotopic (exact) mass is 147 g/mol. The number of allylic oxidation sites excluding steroid dienone is 4. The Morgan fingerprint density at radius 2 is 2.45 bits per heavy atom. The van der Waals surface area contributed by atoms with Crippen LogP contribution in [0.25, 0.3) is 0 Å². The molecule has 1 aliphatic carbocycles. The largest absolute Gasteiger partial charge is 0.0836 e. The lowest BCUT2D eigenvalue weighted by Crippen LogP contribution is -2.02. The van der Waals surface area contributed by atoms with E-state index in [-0.39, 0.29) is 0 Å². The van der Waals surface area contributed by atoms with Gasteiger partial charge in [-0.05, 0) is 25.7 Å². The quantitative estimate of drug-likeness (QED) is 0.574. The molecule has 0 aliphatic heterocycles. The number of rotatable bonds is 3. The van der Waals surface area contributed by atoms with E-state index in [2.05, 4.69) is 38.5 Å². The van der Waals surface area contributed by atoms with E-state index in [1.165, 1.54) is 11.5 Å². The van der Waals surface area contributed by atoms with E-state index in [4.69, 9.17) is 0 Å². The zero-order valence-electron chi connectivity index (χ0n) is 7.14. The van der Waals surface area contributed by atoms with Crippen molar-refractivity contribution in [1.29, 1.82) is 0 Å². The second kappa shape index (κ2) is 4.38. The van der Waals surface area contributed by atoms with Crippen LogP contribution in [-0.4, -0.2) is 0 Å². The van der Waals surface area contributed by atoms with Gasteiger partial charge in [0.05, 0.1) is 0 Å². The summed E-state index contributed by atoms with van der Waals surface area (Å²) in [7, 11) is 0. The summed E-state index contributed by atoms with van der Waals surface area (Å²) < 4.78 is 0.